The molecule has 0 aliphatic rings. The Balaban J connectivity index is 2.11. The fourth-order valence-electron chi connectivity index (χ4n) is 1.98. The summed E-state index contributed by atoms with van der Waals surface area (Å²) >= 11 is 1.59. The number of fused-ring (bicyclic) bond motifs is 1. The first-order valence-electron chi connectivity index (χ1n) is 6.12. The molecule has 0 bridgehead atoms. The number of rotatable bonds is 7. The molecule has 1 unspecified atom stereocenters. The number of thiazole rings is 1. The van der Waals surface area contributed by atoms with Crippen molar-refractivity contribution in [3.05, 3.63) is 17.3 Å². The highest BCUT2D eigenvalue weighted by atomic mass is 32.1. The van der Waals surface area contributed by atoms with Crippen molar-refractivity contribution in [2.24, 2.45) is 0 Å². The molecule has 0 fully saturated rings. The van der Waals surface area contributed by atoms with Crippen LogP contribution in [0.5, 0.6) is 5.88 Å². The van der Waals surface area contributed by atoms with Crippen LogP contribution in [0, 0.1) is 0 Å². The maximum atomic E-state index is 8.98. The molecular weight excluding hydrogens is 250 g/mol. The van der Waals surface area contributed by atoms with Crippen molar-refractivity contribution in [2.75, 3.05) is 13.7 Å². The number of ether oxygens (including phenoxy) is 1. The Hall–Kier alpha value is -1.11. The molecule has 1 atom stereocenters. The number of hydrogen-bond donors (Lipinski definition) is 2. The summed E-state index contributed by atoms with van der Waals surface area (Å²) in [5.74, 6) is 0.674. The fourth-order valence-corrected chi connectivity index (χ4v) is 2.71. The highest BCUT2D eigenvalue weighted by molar-refractivity contribution is 7.15. The lowest BCUT2D eigenvalue weighted by atomic mass is 10.1. The number of nitrogens with one attached hydrogen (secondary N) is 1. The van der Waals surface area contributed by atoms with Gasteiger partial charge in [0.25, 0.3) is 0 Å². The first-order valence-corrected chi connectivity index (χ1v) is 7.00. The van der Waals surface area contributed by atoms with Gasteiger partial charge < -0.3 is 15.2 Å². The van der Waals surface area contributed by atoms with Crippen LogP contribution in [0.3, 0.4) is 0 Å². The van der Waals surface area contributed by atoms with Gasteiger partial charge in [-0.1, -0.05) is 6.92 Å². The van der Waals surface area contributed by atoms with Crippen molar-refractivity contribution in [2.45, 2.75) is 32.4 Å². The summed E-state index contributed by atoms with van der Waals surface area (Å²) in [6, 6.07) is 0.323. The van der Waals surface area contributed by atoms with Crippen LogP contribution in [-0.4, -0.2) is 34.2 Å². The molecule has 2 aromatic heterocycles. The zero-order valence-electron chi connectivity index (χ0n) is 10.7. The molecule has 2 N–H and O–H groups in total. The molecule has 0 amide bonds. The topological polar surface area (TPSA) is 58.8 Å². The van der Waals surface area contributed by atoms with Gasteiger partial charge in [0, 0.05) is 30.8 Å². The molecule has 0 aliphatic heterocycles. The molecule has 18 heavy (non-hydrogen) atoms. The van der Waals surface area contributed by atoms with Crippen molar-refractivity contribution in [1.82, 2.24) is 14.7 Å². The van der Waals surface area contributed by atoms with Gasteiger partial charge in [0.1, 0.15) is 5.69 Å². The highest BCUT2D eigenvalue weighted by Crippen LogP contribution is 2.23. The van der Waals surface area contributed by atoms with Crippen LogP contribution in [-0.2, 0) is 6.54 Å². The summed E-state index contributed by atoms with van der Waals surface area (Å²) in [5.41, 5.74) is 1.03. The van der Waals surface area contributed by atoms with Gasteiger partial charge in [0.15, 0.2) is 4.96 Å². The molecule has 2 aromatic rings. The molecule has 0 spiro atoms. The smallest absolute Gasteiger partial charge is 0.237 e. The average Bonchev–Trinajstić information content (AvgIpc) is 2.95. The Bertz CT molecular complexity index is 494. The number of aromatic nitrogens is 2. The van der Waals surface area contributed by atoms with E-state index in [9.17, 15) is 0 Å². The van der Waals surface area contributed by atoms with E-state index in [-0.39, 0.29) is 6.61 Å². The minimum atomic E-state index is 0.211. The maximum Gasteiger partial charge on any atom is 0.237 e. The highest BCUT2D eigenvalue weighted by Gasteiger charge is 2.14. The van der Waals surface area contributed by atoms with Crippen molar-refractivity contribution in [1.29, 1.82) is 0 Å². The Morgan fingerprint density at radius 3 is 3.11 bits per heavy atom. The normalized spacial score (nSPS) is 13.1. The summed E-state index contributed by atoms with van der Waals surface area (Å²) in [7, 11) is 1.64. The molecule has 6 heteroatoms. The van der Waals surface area contributed by atoms with Gasteiger partial charge in [0.2, 0.25) is 5.88 Å². The first-order chi connectivity index (χ1) is 8.80. The number of methoxy groups -OCH3 is 1. The second-order valence-corrected chi connectivity index (χ2v) is 4.99. The van der Waals surface area contributed by atoms with Crippen LogP contribution >= 0.6 is 11.3 Å². The second-order valence-electron chi connectivity index (χ2n) is 4.12. The van der Waals surface area contributed by atoms with Crippen molar-refractivity contribution in [3.8, 4) is 5.88 Å². The third kappa shape index (κ3) is 2.66. The summed E-state index contributed by atoms with van der Waals surface area (Å²) in [5, 5.41) is 14.4. The summed E-state index contributed by atoms with van der Waals surface area (Å²) in [6.45, 7) is 3.02. The minimum absolute atomic E-state index is 0.211. The van der Waals surface area contributed by atoms with E-state index < -0.39 is 0 Å². The second kappa shape index (κ2) is 6.17. The molecule has 0 aliphatic carbocycles. The first kappa shape index (κ1) is 13.3. The average molecular weight is 269 g/mol. The molecule has 2 heterocycles. The van der Waals surface area contributed by atoms with E-state index in [1.54, 1.807) is 18.4 Å². The number of aliphatic hydroxyl groups excluding tert-OH is 1. The van der Waals surface area contributed by atoms with Crippen LogP contribution in [0.15, 0.2) is 11.6 Å². The monoisotopic (exact) mass is 269 g/mol. The van der Waals surface area contributed by atoms with E-state index in [1.807, 2.05) is 16.0 Å². The molecule has 0 aromatic carbocycles. The van der Waals surface area contributed by atoms with Gasteiger partial charge in [-0.25, -0.2) is 0 Å². The van der Waals surface area contributed by atoms with E-state index in [0.29, 0.717) is 18.5 Å². The quantitative estimate of drug-likeness (QED) is 0.802. The Labute approximate surface area is 110 Å². The lowest BCUT2D eigenvalue weighted by Crippen LogP contribution is -2.29. The maximum absolute atomic E-state index is 8.98. The fraction of sp³-hybridized carbons (Fsp3) is 0.583. The van der Waals surface area contributed by atoms with Crippen molar-refractivity contribution < 1.29 is 9.84 Å². The van der Waals surface area contributed by atoms with Gasteiger partial charge >= 0.3 is 0 Å². The van der Waals surface area contributed by atoms with Gasteiger partial charge in [-0.05, 0) is 12.8 Å². The van der Waals surface area contributed by atoms with Crippen LogP contribution < -0.4 is 10.1 Å². The van der Waals surface area contributed by atoms with Crippen molar-refractivity contribution >= 4 is 16.3 Å². The zero-order valence-corrected chi connectivity index (χ0v) is 11.5. The predicted molar refractivity (Wildman–Crippen MR) is 72.2 cm³/mol. The summed E-state index contributed by atoms with van der Waals surface area (Å²) in [4.78, 5) is 5.35. The number of hydrogen-bond acceptors (Lipinski definition) is 5. The Morgan fingerprint density at radius 2 is 2.44 bits per heavy atom. The van der Waals surface area contributed by atoms with Crippen LogP contribution in [0.1, 0.15) is 25.5 Å². The summed E-state index contributed by atoms with van der Waals surface area (Å²) < 4.78 is 7.34. The van der Waals surface area contributed by atoms with Gasteiger partial charge in [0.05, 0.1) is 7.11 Å². The number of nitrogens with zero attached hydrogens (tertiary/aromatic N) is 2. The molecule has 2 rings (SSSR count). The minimum Gasteiger partial charge on any atom is -0.480 e. The molecule has 0 radical (unpaired) electrons. The van der Waals surface area contributed by atoms with E-state index in [2.05, 4.69) is 17.2 Å². The number of imidazole rings is 1. The molecule has 100 valence electrons. The predicted octanol–water partition coefficient (Wildman–Crippen LogP) is 1.65. The SMILES string of the molecule is CCC(CCO)NCc1c(OC)nc2sccn12. The standard InChI is InChI=1S/C12H19N3O2S/c1-3-9(4-6-16)13-8-10-11(17-2)14-12-15(10)5-7-18-12/h5,7,9,13,16H,3-4,6,8H2,1-2H3. The van der Waals surface area contributed by atoms with Crippen LogP contribution in [0.25, 0.3) is 4.96 Å². The van der Waals surface area contributed by atoms with E-state index in [0.717, 1.165) is 23.5 Å². The van der Waals surface area contributed by atoms with E-state index in [1.165, 1.54) is 0 Å². The van der Waals surface area contributed by atoms with Gasteiger partial charge in [-0.2, -0.15) is 4.98 Å². The van der Waals surface area contributed by atoms with E-state index >= 15 is 0 Å². The molecule has 5 nitrogen and oxygen atoms in total. The Kier molecular flexibility index (Phi) is 4.57. The Morgan fingerprint density at radius 1 is 1.61 bits per heavy atom. The van der Waals surface area contributed by atoms with Gasteiger partial charge in [-0.3, -0.25) is 4.40 Å². The third-order valence-corrected chi connectivity index (χ3v) is 3.80. The largest absolute Gasteiger partial charge is 0.480 e. The molecular formula is C12H19N3O2S. The molecule has 0 saturated heterocycles. The van der Waals surface area contributed by atoms with Crippen LogP contribution in [0.4, 0.5) is 0 Å². The lowest BCUT2D eigenvalue weighted by Gasteiger charge is -2.15. The van der Waals surface area contributed by atoms with E-state index in [4.69, 9.17) is 9.84 Å². The summed E-state index contributed by atoms with van der Waals surface area (Å²) in [6.07, 6.45) is 3.76. The molecule has 0 saturated carbocycles. The zero-order chi connectivity index (χ0) is 13.0. The lowest BCUT2D eigenvalue weighted by molar-refractivity contribution is 0.261. The van der Waals surface area contributed by atoms with Gasteiger partial charge in [-0.15, -0.1) is 11.3 Å². The van der Waals surface area contributed by atoms with Crippen molar-refractivity contribution in [3.63, 3.8) is 0 Å². The number of aliphatic hydroxyl groups is 1. The third-order valence-electron chi connectivity index (χ3n) is 3.05. The van der Waals surface area contributed by atoms with Crippen LogP contribution in [0.2, 0.25) is 0 Å².